The van der Waals surface area contributed by atoms with E-state index in [0.717, 1.165) is 12.1 Å². The Morgan fingerprint density at radius 3 is 2.76 bits per heavy atom. The van der Waals surface area contributed by atoms with E-state index < -0.39 is 5.69 Å². The second-order valence-corrected chi connectivity index (χ2v) is 3.90. The third-order valence-electron chi connectivity index (χ3n) is 2.55. The van der Waals surface area contributed by atoms with Gasteiger partial charge in [-0.3, -0.25) is 19.0 Å². The van der Waals surface area contributed by atoms with Gasteiger partial charge in [0.2, 0.25) is 0 Å². The third-order valence-corrected chi connectivity index (χ3v) is 2.55. The zero-order chi connectivity index (χ0) is 12.4. The average molecular weight is 234 g/mol. The van der Waals surface area contributed by atoms with Crippen molar-refractivity contribution in [2.24, 2.45) is 0 Å². The fourth-order valence-corrected chi connectivity index (χ4v) is 1.59. The number of aryl methyl sites for hydroxylation is 2. The van der Waals surface area contributed by atoms with Crippen LogP contribution in [0.25, 0.3) is 0 Å². The number of nitrogens with one attached hydrogen (secondary N) is 1. The maximum absolute atomic E-state index is 11.6. The Labute approximate surface area is 97.5 Å². The van der Waals surface area contributed by atoms with Gasteiger partial charge in [-0.15, -0.1) is 0 Å². The molecule has 0 unspecified atom stereocenters. The number of H-pyrrole nitrogens is 1. The monoisotopic (exact) mass is 234 g/mol. The molecule has 0 bridgehead atoms. The first-order chi connectivity index (χ1) is 8.10. The summed E-state index contributed by atoms with van der Waals surface area (Å²) < 4.78 is 3.26. The predicted octanol–water partition coefficient (Wildman–Crippen LogP) is 0.110. The highest BCUT2D eigenvalue weighted by molar-refractivity contribution is 5.07. The molecule has 90 valence electrons. The van der Waals surface area contributed by atoms with Crippen LogP contribution in [0, 0.1) is 6.92 Å². The van der Waals surface area contributed by atoms with Gasteiger partial charge in [0.05, 0.1) is 12.7 Å². The van der Waals surface area contributed by atoms with Crippen LogP contribution < -0.4 is 11.2 Å². The quantitative estimate of drug-likeness (QED) is 0.819. The van der Waals surface area contributed by atoms with Crippen molar-refractivity contribution >= 4 is 0 Å². The molecule has 2 heterocycles. The van der Waals surface area contributed by atoms with Gasteiger partial charge in [0, 0.05) is 30.1 Å². The molecule has 0 saturated carbocycles. The first kappa shape index (κ1) is 11.4. The zero-order valence-corrected chi connectivity index (χ0v) is 9.80. The number of aromatic nitrogens is 4. The van der Waals surface area contributed by atoms with Crippen LogP contribution >= 0.6 is 0 Å². The Morgan fingerprint density at radius 2 is 2.12 bits per heavy atom. The van der Waals surface area contributed by atoms with E-state index in [2.05, 4.69) is 10.1 Å². The highest BCUT2D eigenvalue weighted by Gasteiger charge is 2.03. The van der Waals surface area contributed by atoms with Crippen LogP contribution in [0.2, 0.25) is 0 Å². The minimum atomic E-state index is -0.398. The minimum Gasteiger partial charge on any atom is -0.296 e. The molecular weight excluding hydrogens is 220 g/mol. The highest BCUT2D eigenvalue weighted by atomic mass is 16.2. The molecule has 0 aliphatic heterocycles. The number of rotatable bonds is 3. The Morgan fingerprint density at radius 1 is 1.35 bits per heavy atom. The van der Waals surface area contributed by atoms with Crippen molar-refractivity contribution in [3.63, 3.8) is 0 Å². The van der Waals surface area contributed by atoms with Crippen molar-refractivity contribution in [3.05, 3.63) is 50.6 Å². The molecule has 0 spiro atoms. The van der Waals surface area contributed by atoms with Gasteiger partial charge in [-0.1, -0.05) is 0 Å². The number of aromatic amines is 1. The van der Waals surface area contributed by atoms with Crippen LogP contribution in [0.1, 0.15) is 18.1 Å². The maximum atomic E-state index is 11.6. The van der Waals surface area contributed by atoms with Crippen molar-refractivity contribution < 1.29 is 0 Å². The summed E-state index contributed by atoms with van der Waals surface area (Å²) in [4.78, 5) is 25.0. The Balaban J connectivity index is 2.33. The summed E-state index contributed by atoms with van der Waals surface area (Å²) in [6, 6.07) is 0. The molecule has 17 heavy (non-hydrogen) atoms. The van der Waals surface area contributed by atoms with Crippen molar-refractivity contribution in [1.29, 1.82) is 0 Å². The molecule has 6 heteroatoms. The second-order valence-electron chi connectivity index (χ2n) is 3.90. The van der Waals surface area contributed by atoms with Gasteiger partial charge in [0.1, 0.15) is 0 Å². The summed E-state index contributed by atoms with van der Waals surface area (Å²) in [6.07, 6.45) is 5.16. The lowest BCUT2D eigenvalue weighted by atomic mass is 10.3. The Hall–Kier alpha value is -2.11. The third kappa shape index (κ3) is 2.35. The molecule has 0 atom stereocenters. The molecule has 2 aromatic heterocycles. The molecule has 0 aliphatic carbocycles. The molecule has 6 nitrogen and oxygen atoms in total. The van der Waals surface area contributed by atoms with E-state index in [0.29, 0.717) is 12.1 Å². The lowest BCUT2D eigenvalue weighted by Crippen LogP contribution is -2.30. The van der Waals surface area contributed by atoms with E-state index in [1.165, 1.54) is 4.57 Å². The van der Waals surface area contributed by atoms with E-state index in [1.54, 1.807) is 24.0 Å². The van der Waals surface area contributed by atoms with Crippen LogP contribution in [0.5, 0.6) is 0 Å². The zero-order valence-electron chi connectivity index (χ0n) is 9.80. The summed E-state index contributed by atoms with van der Waals surface area (Å²) in [7, 11) is 0. The fraction of sp³-hybridized carbons (Fsp3) is 0.364. The molecule has 0 fully saturated rings. The predicted molar refractivity (Wildman–Crippen MR) is 63.1 cm³/mol. The van der Waals surface area contributed by atoms with Crippen LogP contribution in [-0.2, 0) is 13.1 Å². The normalized spacial score (nSPS) is 10.7. The van der Waals surface area contributed by atoms with Crippen molar-refractivity contribution in [1.82, 2.24) is 19.3 Å². The SMILES string of the molecule is CCn1cc(Cn2cc(C)c(=O)[nH]c2=O)cn1. The molecule has 0 aliphatic rings. The molecule has 1 N–H and O–H groups in total. The van der Waals surface area contributed by atoms with Gasteiger partial charge in [0.15, 0.2) is 0 Å². The maximum Gasteiger partial charge on any atom is 0.328 e. The van der Waals surface area contributed by atoms with E-state index in [-0.39, 0.29) is 5.56 Å². The van der Waals surface area contributed by atoms with E-state index in [4.69, 9.17) is 0 Å². The fourth-order valence-electron chi connectivity index (χ4n) is 1.59. The van der Waals surface area contributed by atoms with E-state index >= 15 is 0 Å². The number of nitrogens with zero attached hydrogens (tertiary/aromatic N) is 3. The highest BCUT2D eigenvalue weighted by Crippen LogP contribution is 1.99. The number of hydrogen-bond acceptors (Lipinski definition) is 3. The summed E-state index contributed by atoms with van der Waals surface area (Å²) in [5.41, 5.74) is 0.716. The smallest absolute Gasteiger partial charge is 0.296 e. The van der Waals surface area contributed by atoms with E-state index in [9.17, 15) is 9.59 Å². The Bertz CT molecular complexity index is 635. The lowest BCUT2D eigenvalue weighted by Gasteiger charge is -2.03. The van der Waals surface area contributed by atoms with Crippen LogP contribution in [0.4, 0.5) is 0 Å². The summed E-state index contributed by atoms with van der Waals surface area (Å²) >= 11 is 0. The second kappa shape index (κ2) is 4.40. The van der Waals surface area contributed by atoms with Crippen molar-refractivity contribution in [2.75, 3.05) is 0 Å². The van der Waals surface area contributed by atoms with Crippen LogP contribution in [0.15, 0.2) is 28.2 Å². The summed E-state index contributed by atoms with van der Waals surface area (Å²) in [6.45, 7) is 4.87. The number of hydrogen-bond donors (Lipinski definition) is 1. The molecule has 2 rings (SSSR count). The molecular formula is C11H14N4O2. The Kier molecular flexibility index (Phi) is 2.95. The first-order valence-corrected chi connectivity index (χ1v) is 5.42. The topological polar surface area (TPSA) is 72.7 Å². The van der Waals surface area contributed by atoms with Crippen LogP contribution in [-0.4, -0.2) is 19.3 Å². The summed E-state index contributed by atoms with van der Waals surface area (Å²) in [5.74, 6) is 0. The standard InChI is InChI=1S/C11H14N4O2/c1-3-15-7-9(4-12-15)6-14-5-8(2)10(16)13-11(14)17/h4-5,7H,3,6H2,1-2H3,(H,13,16,17). The molecule has 0 saturated heterocycles. The van der Waals surface area contributed by atoms with Gasteiger partial charge in [0.25, 0.3) is 5.56 Å². The van der Waals surface area contributed by atoms with Crippen molar-refractivity contribution in [2.45, 2.75) is 26.9 Å². The van der Waals surface area contributed by atoms with Crippen LogP contribution in [0.3, 0.4) is 0 Å². The molecule has 0 amide bonds. The van der Waals surface area contributed by atoms with Gasteiger partial charge in [-0.2, -0.15) is 5.10 Å². The lowest BCUT2D eigenvalue weighted by molar-refractivity contribution is 0.657. The first-order valence-electron chi connectivity index (χ1n) is 5.42. The summed E-state index contributed by atoms with van der Waals surface area (Å²) in [5, 5.41) is 4.13. The van der Waals surface area contributed by atoms with E-state index in [1.807, 2.05) is 13.1 Å². The van der Waals surface area contributed by atoms with Gasteiger partial charge >= 0.3 is 5.69 Å². The van der Waals surface area contributed by atoms with Gasteiger partial charge in [-0.25, -0.2) is 4.79 Å². The molecule has 2 aromatic rings. The average Bonchev–Trinajstić information content (AvgIpc) is 2.73. The molecule has 0 aromatic carbocycles. The molecule has 0 radical (unpaired) electrons. The minimum absolute atomic E-state index is 0.337. The van der Waals surface area contributed by atoms with Crippen molar-refractivity contribution in [3.8, 4) is 0 Å². The van der Waals surface area contributed by atoms with Gasteiger partial charge in [-0.05, 0) is 13.8 Å². The largest absolute Gasteiger partial charge is 0.328 e. The van der Waals surface area contributed by atoms with Gasteiger partial charge < -0.3 is 0 Å².